The van der Waals surface area contributed by atoms with Gasteiger partial charge >= 0.3 is 0 Å². The van der Waals surface area contributed by atoms with Crippen molar-refractivity contribution in [2.24, 2.45) is 5.41 Å². The first-order chi connectivity index (χ1) is 8.17. The molecule has 0 aliphatic heterocycles. The van der Waals surface area contributed by atoms with Crippen LogP contribution in [0.4, 0.5) is 5.82 Å². The third-order valence-corrected chi connectivity index (χ3v) is 3.15. The summed E-state index contributed by atoms with van der Waals surface area (Å²) in [6, 6.07) is 1.67. The number of nitrogens with zero attached hydrogens (tertiary/aromatic N) is 2. The highest BCUT2D eigenvalue weighted by molar-refractivity contribution is 6.29. The molecule has 0 aromatic carbocycles. The van der Waals surface area contributed by atoms with Gasteiger partial charge in [-0.05, 0) is 12.8 Å². The minimum Gasteiger partial charge on any atom is -0.396 e. The molecule has 5 nitrogen and oxygen atoms in total. The summed E-state index contributed by atoms with van der Waals surface area (Å²) in [4.78, 5) is 8.32. The van der Waals surface area contributed by atoms with Gasteiger partial charge in [0.2, 0.25) is 0 Å². The molecule has 0 saturated heterocycles. The average Bonchev–Trinajstić information content (AvgIpc) is 3.07. The summed E-state index contributed by atoms with van der Waals surface area (Å²) in [6.45, 7) is 1.26. The van der Waals surface area contributed by atoms with Crippen molar-refractivity contribution in [2.45, 2.75) is 19.4 Å². The first kappa shape index (κ1) is 12.5. The van der Waals surface area contributed by atoms with Gasteiger partial charge in [0.1, 0.15) is 17.6 Å². The standard InChI is InChI=1S/C11H16ClN3O2/c1-17-5-10-14-8(12)4-9(15-10)13-6-11(7-16)2-3-11/h4,16H,2-3,5-7H2,1H3,(H,13,14,15). The molecule has 0 unspecified atom stereocenters. The lowest BCUT2D eigenvalue weighted by molar-refractivity contribution is 0.178. The molecule has 1 aliphatic carbocycles. The first-order valence-electron chi connectivity index (χ1n) is 5.55. The van der Waals surface area contributed by atoms with E-state index < -0.39 is 0 Å². The maximum Gasteiger partial charge on any atom is 0.158 e. The second kappa shape index (κ2) is 5.16. The number of aliphatic hydroxyl groups is 1. The van der Waals surface area contributed by atoms with Gasteiger partial charge < -0.3 is 15.2 Å². The van der Waals surface area contributed by atoms with Gasteiger partial charge in [0.05, 0.1) is 6.61 Å². The van der Waals surface area contributed by atoms with Crippen LogP contribution in [0.1, 0.15) is 18.7 Å². The third-order valence-electron chi connectivity index (χ3n) is 2.95. The van der Waals surface area contributed by atoms with Crippen LogP contribution >= 0.6 is 11.6 Å². The second-order valence-corrected chi connectivity index (χ2v) is 4.82. The van der Waals surface area contributed by atoms with Crippen LogP contribution < -0.4 is 5.32 Å². The van der Waals surface area contributed by atoms with Crippen molar-refractivity contribution < 1.29 is 9.84 Å². The lowest BCUT2D eigenvalue weighted by Crippen LogP contribution is -2.20. The van der Waals surface area contributed by atoms with Crippen molar-refractivity contribution in [3.63, 3.8) is 0 Å². The summed E-state index contributed by atoms with van der Waals surface area (Å²) < 4.78 is 4.97. The first-order valence-corrected chi connectivity index (χ1v) is 5.92. The molecule has 0 spiro atoms. The molecule has 2 rings (SSSR count). The average molecular weight is 258 g/mol. The number of methoxy groups -OCH3 is 1. The van der Waals surface area contributed by atoms with Crippen LogP contribution in [-0.4, -0.2) is 35.3 Å². The Labute approximate surface area is 105 Å². The smallest absolute Gasteiger partial charge is 0.158 e. The summed E-state index contributed by atoms with van der Waals surface area (Å²) in [5, 5.41) is 12.8. The predicted molar refractivity (Wildman–Crippen MR) is 65.0 cm³/mol. The summed E-state index contributed by atoms with van der Waals surface area (Å²) in [5.74, 6) is 1.23. The predicted octanol–water partition coefficient (Wildman–Crippen LogP) is 1.46. The van der Waals surface area contributed by atoms with Gasteiger partial charge in [-0.1, -0.05) is 11.6 Å². The fourth-order valence-corrected chi connectivity index (χ4v) is 1.80. The van der Waals surface area contributed by atoms with Crippen LogP contribution in [0.3, 0.4) is 0 Å². The van der Waals surface area contributed by atoms with Gasteiger partial charge in [0.25, 0.3) is 0 Å². The number of rotatable bonds is 6. The summed E-state index contributed by atoms with van der Waals surface area (Å²) in [7, 11) is 1.59. The van der Waals surface area contributed by atoms with Crippen LogP contribution in [0.5, 0.6) is 0 Å². The summed E-state index contributed by atoms with van der Waals surface area (Å²) >= 11 is 5.89. The van der Waals surface area contributed by atoms with Crippen molar-refractivity contribution in [1.29, 1.82) is 0 Å². The molecule has 6 heteroatoms. The van der Waals surface area contributed by atoms with Gasteiger partial charge in [-0.2, -0.15) is 0 Å². The molecule has 1 aliphatic rings. The van der Waals surface area contributed by atoms with E-state index in [1.807, 2.05) is 0 Å². The molecule has 0 radical (unpaired) electrons. The lowest BCUT2D eigenvalue weighted by Gasteiger charge is -2.13. The number of aromatic nitrogens is 2. The van der Waals surface area contributed by atoms with E-state index >= 15 is 0 Å². The monoisotopic (exact) mass is 257 g/mol. The van der Waals surface area contributed by atoms with E-state index in [9.17, 15) is 5.11 Å². The quantitative estimate of drug-likeness (QED) is 0.756. The number of aliphatic hydroxyl groups excluding tert-OH is 1. The van der Waals surface area contributed by atoms with Crippen molar-refractivity contribution in [2.75, 3.05) is 25.6 Å². The summed E-state index contributed by atoms with van der Waals surface area (Å²) in [5.41, 5.74) is 0.0405. The minimum atomic E-state index is 0.0405. The Morgan fingerprint density at radius 2 is 2.29 bits per heavy atom. The van der Waals surface area contributed by atoms with Gasteiger partial charge in [-0.25, -0.2) is 9.97 Å². The molecule has 1 aromatic heterocycles. The van der Waals surface area contributed by atoms with Gasteiger partial charge in [0, 0.05) is 25.1 Å². The Balaban J connectivity index is 2.00. The molecule has 0 atom stereocenters. The van der Waals surface area contributed by atoms with E-state index in [0.29, 0.717) is 29.9 Å². The Morgan fingerprint density at radius 3 is 2.88 bits per heavy atom. The summed E-state index contributed by atoms with van der Waals surface area (Å²) in [6.07, 6.45) is 2.11. The molecule has 1 fully saturated rings. The Kier molecular flexibility index (Phi) is 3.81. The normalized spacial score (nSPS) is 16.9. The fraction of sp³-hybridized carbons (Fsp3) is 0.636. The molecule has 1 aromatic rings. The number of halogens is 1. The van der Waals surface area contributed by atoms with Gasteiger partial charge in [-0.3, -0.25) is 0 Å². The number of hydrogen-bond donors (Lipinski definition) is 2. The molecular formula is C11H16ClN3O2. The molecule has 0 amide bonds. The number of ether oxygens (including phenoxy) is 1. The van der Waals surface area contributed by atoms with E-state index in [1.165, 1.54) is 0 Å². The molecule has 2 N–H and O–H groups in total. The van der Waals surface area contributed by atoms with E-state index in [0.717, 1.165) is 12.8 Å². The van der Waals surface area contributed by atoms with Crippen molar-refractivity contribution >= 4 is 17.4 Å². The van der Waals surface area contributed by atoms with Gasteiger partial charge in [0.15, 0.2) is 5.82 Å². The largest absolute Gasteiger partial charge is 0.396 e. The minimum absolute atomic E-state index is 0.0405. The zero-order chi connectivity index (χ0) is 12.3. The number of anilines is 1. The molecule has 1 saturated carbocycles. The fourth-order valence-electron chi connectivity index (χ4n) is 1.59. The Morgan fingerprint density at radius 1 is 1.53 bits per heavy atom. The van der Waals surface area contributed by atoms with E-state index in [-0.39, 0.29) is 12.0 Å². The van der Waals surface area contributed by atoms with Crippen LogP contribution in [-0.2, 0) is 11.3 Å². The van der Waals surface area contributed by atoms with E-state index in [4.69, 9.17) is 16.3 Å². The SMILES string of the molecule is COCc1nc(Cl)cc(NCC2(CO)CC2)n1. The van der Waals surface area contributed by atoms with E-state index in [1.54, 1.807) is 13.2 Å². The second-order valence-electron chi connectivity index (χ2n) is 4.44. The van der Waals surface area contributed by atoms with Crippen molar-refractivity contribution in [3.8, 4) is 0 Å². The van der Waals surface area contributed by atoms with Crippen LogP contribution in [0.25, 0.3) is 0 Å². The van der Waals surface area contributed by atoms with Crippen LogP contribution in [0, 0.1) is 5.41 Å². The Hall–Kier alpha value is -0.910. The molecule has 17 heavy (non-hydrogen) atoms. The van der Waals surface area contributed by atoms with Crippen molar-refractivity contribution in [1.82, 2.24) is 9.97 Å². The van der Waals surface area contributed by atoms with Gasteiger partial charge in [-0.15, -0.1) is 0 Å². The van der Waals surface area contributed by atoms with Crippen LogP contribution in [0.15, 0.2) is 6.07 Å². The lowest BCUT2D eigenvalue weighted by atomic mass is 10.1. The molecular weight excluding hydrogens is 242 g/mol. The Bertz CT molecular complexity index is 396. The highest BCUT2D eigenvalue weighted by Gasteiger charge is 2.41. The van der Waals surface area contributed by atoms with Crippen molar-refractivity contribution in [3.05, 3.63) is 17.0 Å². The number of hydrogen-bond acceptors (Lipinski definition) is 5. The molecule has 94 valence electrons. The molecule has 0 bridgehead atoms. The maximum absolute atomic E-state index is 9.21. The maximum atomic E-state index is 9.21. The highest BCUT2D eigenvalue weighted by atomic mass is 35.5. The van der Waals surface area contributed by atoms with Crippen LogP contribution in [0.2, 0.25) is 5.15 Å². The zero-order valence-corrected chi connectivity index (χ0v) is 10.5. The third kappa shape index (κ3) is 3.28. The molecule has 1 heterocycles. The highest BCUT2D eigenvalue weighted by Crippen LogP contribution is 2.44. The zero-order valence-electron chi connectivity index (χ0n) is 9.74. The topological polar surface area (TPSA) is 67.3 Å². The van der Waals surface area contributed by atoms with E-state index in [2.05, 4.69) is 15.3 Å². The number of nitrogens with one attached hydrogen (secondary N) is 1.